The van der Waals surface area contributed by atoms with Crippen LogP contribution in [-0.4, -0.2) is 29.8 Å². The summed E-state index contributed by atoms with van der Waals surface area (Å²) >= 11 is 1.61. The number of likely N-dealkylation sites (tertiary alicyclic amines) is 1. The van der Waals surface area contributed by atoms with E-state index in [9.17, 15) is 9.59 Å². The molecule has 0 unspecified atom stereocenters. The van der Waals surface area contributed by atoms with Crippen molar-refractivity contribution < 1.29 is 9.59 Å². The van der Waals surface area contributed by atoms with Gasteiger partial charge in [-0.3, -0.25) is 9.59 Å². The molecular weight excluding hydrogens is 308 g/mol. The lowest BCUT2D eigenvalue weighted by Gasteiger charge is -2.23. The predicted octanol–water partition coefficient (Wildman–Crippen LogP) is 3.85. The standard InChI is InChI=1S/C18H26N2O2S/c1-12-7-8-14-15(11-12)23-17(19-13(2)21)16(14)18(22)20-9-5-3-4-6-10-20/h12H,3-11H2,1-2H3,(H,19,21)/t12-/m1/s1. The minimum absolute atomic E-state index is 0.0958. The Morgan fingerprint density at radius 2 is 1.87 bits per heavy atom. The summed E-state index contributed by atoms with van der Waals surface area (Å²) in [5.41, 5.74) is 1.99. The van der Waals surface area contributed by atoms with Gasteiger partial charge >= 0.3 is 0 Å². The van der Waals surface area contributed by atoms with Crippen molar-refractivity contribution >= 4 is 28.2 Å². The molecule has 1 atom stereocenters. The molecule has 1 fully saturated rings. The quantitative estimate of drug-likeness (QED) is 0.893. The second-order valence-electron chi connectivity index (χ2n) is 6.94. The number of nitrogens with zero attached hydrogens (tertiary/aromatic N) is 1. The van der Waals surface area contributed by atoms with Crippen molar-refractivity contribution in [1.82, 2.24) is 4.90 Å². The van der Waals surface area contributed by atoms with Gasteiger partial charge in [-0.1, -0.05) is 19.8 Å². The van der Waals surface area contributed by atoms with Gasteiger partial charge in [-0.25, -0.2) is 0 Å². The molecule has 23 heavy (non-hydrogen) atoms. The second-order valence-corrected chi connectivity index (χ2v) is 8.05. The summed E-state index contributed by atoms with van der Waals surface area (Å²) < 4.78 is 0. The molecule has 0 saturated carbocycles. The normalized spacial score (nSPS) is 21.5. The third-order valence-electron chi connectivity index (χ3n) is 4.91. The summed E-state index contributed by atoms with van der Waals surface area (Å²) in [7, 11) is 0. The van der Waals surface area contributed by atoms with E-state index < -0.39 is 0 Å². The Bertz CT molecular complexity index is 600. The molecule has 1 aliphatic carbocycles. The minimum atomic E-state index is -0.0958. The first-order valence-corrected chi connectivity index (χ1v) is 9.59. The van der Waals surface area contributed by atoms with E-state index in [1.807, 2.05) is 4.90 Å². The highest BCUT2D eigenvalue weighted by Crippen LogP contribution is 2.40. The van der Waals surface area contributed by atoms with Crippen molar-refractivity contribution in [3.63, 3.8) is 0 Å². The molecule has 1 N–H and O–H groups in total. The summed E-state index contributed by atoms with van der Waals surface area (Å²) in [6.45, 7) is 5.47. The highest BCUT2D eigenvalue weighted by atomic mass is 32.1. The highest BCUT2D eigenvalue weighted by Gasteiger charge is 2.30. The maximum absolute atomic E-state index is 13.2. The van der Waals surface area contributed by atoms with E-state index in [1.165, 1.54) is 30.2 Å². The van der Waals surface area contributed by atoms with Gasteiger partial charge in [-0.05, 0) is 43.6 Å². The number of hydrogen-bond donors (Lipinski definition) is 1. The van der Waals surface area contributed by atoms with Crippen LogP contribution in [-0.2, 0) is 17.6 Å². The molecular formula is C18H26N2O2S. The molecule has 2 aliphatic rings. The molecule has 0 bridgehead atoms. The van der Waals surface area contributed by atoms with Crippen LogP contribution in [0.5, 0.6) is 0 Å². The molecule has 5 heteroatoms. The minimum Gasteiger partial charge on any atom is -0.339 e. The van der Waals surface area contributed by atoms with Crippen LogP contribution < -0.4 is 5.32 Å². The van der Waals surface area contributed by atoms with E-state index in [4.69, 9.17) is 0 Å². The molecule has 2 amide bonds. The van der Waals surface area contributed by atoms with Crippen molar-refractivity contribution in [2.45, 2.75) is 58.8 Å². The van der Waals surface area contributed by atoms with Crippen LogP contribution in [0, 0.1) is 5.92 Å². The van der Waals surface area contributed by atoms with E-state index >= 15 is 0 Å². The molecule has 4 nitrogen and oxygen atoms in total. The lowest BCUT2D eigenvalue weighted by molar-refractivity contribution is -0.114. The Balaban J connectivity index is 1.94. The average molecular weight is 334 g/mol. The highest BCUT2D eigenvalue weighted by molar-refractivity contribution is 7.17. The van der Waals surface area contributed by atoms with Crippen LogP contribution in [0.2, 0.25) is 0 Å². The van der Waals surface area contributed by atoms with Gasteiger partial charge in [0.1, 0.15) is 5.00 Å². The first-order chi connectivity index (χ1) is 11.1. The van der Waals surface area contributed by atoms with Crippen molar-refractivity contribution in [1.29, 1.82) is 0 Å². The van der Waals surface area contributed by atoms with Gasteiger partial charge in [-0.2, -0.15) is 0 Å². The van der Waals surface area contributed by atoms with Gasteiger partial charge in [0.05, 0.1) is 5.56 Å². The topological polar surface area (TPSA) is 49.4 Å². The number of carbonyl (C=O) groups excluding carboxylic acids is 2. The molecule has 3 rings (SSSR count). The molecule has 0 spiro atoms. The molecule has 0 aromatic carbocycles. The van der Waals surface area contributed by atoms with Gasteiger partial charge < -0.3 is 10.2 Å². The zero-order valence-electron chi connectivity index (χ0n) is 14.1. The van der Waals surface area contributed by atoms with Crippen LogP contribution >= 0.6 is 11.3 Å². The largest absolute Gasteiger partial charge is 0.339 e. The van der Waals surface area contributed by atoms with E-state index in [1.54, 1.807) is 11.3 Å². The van der Waals surface area contributed by atoms with Crippen LogP contribution in [0.15, 0.2) is 0 Å². The molecule has 1 aliphatic heterocycles. The lowest BCUT2D eigenvalue weighted by Crippen LogP contribution is -2.33. The van der Waals surface area contributed by atoms with Gasteiger partial charge in [-0.15, -0.1) is 11.3 Å². The Morgan fingerprint density at radius 1 is 1.17 bits per heavy atom. The third kappa shape index (κ3) is 3.60. The molecule has 1 aromatic heterocycles. The Morgan fingerprint density at radius 3 is 2.52 bits per heavy atom. The summed E-state index contributed by atoms with van der Waals surface area (Å²) in [6, 6.07) is 0. The number of nitrogens with one attached hydrogen (secondary N) is 1. The predicted molar refractivity (Wildman–Crippen MR) is 94.2 cm³/mol. The van der Waals surface area contributed by atoms with Crippen molar-refractivity contribution in [3.05, 3.63) is 16.0 Å². The maximum atomic E-state index is 13.2. The second kappa shape index (κ2) is 7.04. The third-order valence-corrected chi connectivity index (χ3v) is 6.08. The van der Waals surface area contributed by atoms with Crippen molar-refractivity contribution in [3.8, 4) is 0 Å². The molecule has 126 valence electrons. The monoisotopic (exact) mass is 334 g/mol. The summed E-state index contributed by atoms with van der Waals surface area (Å²) in [5.74, 6) is 0.691. The van der Waals surface area contributed by atoms with Crippen LogP contribution in [0.25, 0.3) is 0 Å². The molecule has 2 heterocycles. The number of fused-ring (bicyclic) bond motifs is 1. The smallest absolute Gasteiger partial charge is 0.257 e. The molecule has 1 aromatic rings. The first kappa shape index (κ1) is 16.5. The fourth-order valence-corrected chi connectivity index (χ4v) is 5.11. The number of carbonyl (C=O) groups is 2. The summed E-state index contributed by atoms with van der Waals surface area (Å²) in [5, 5.41) is 3.68. The summed E-state index contributed by atoms with van der Waals surface area (Å²) in [6.07, 6.45) is 7.71. The van der Waals surface area contributed by atoms with E-state index in [0.717, 1.165) is 55.8 Å². The SMILES string of the molecule is CC(=O)Nc1sc2c(c1C(=O)N1CCCCCC1)CC[C@@H](C)C2. The number of thiophene rings is 1. The number of amides is 2. The Kier molecular flexibility index (Phi) is 5.05. The van der Waals surface area contributed by atoms with Crippen molar-refractivity contribution in [2.24, 2.45) is 5.92 Å². The molecule has 0 radical (unpaired) electrons. The number of rotatable bonds is 2. The zero-order chi connectivity index (χ0) is 16.4. The summed E-state index contributed by atoms with van der Waals surface area (Å²) in [4.78, 5) is 28.0. The van der Waals surface area contributed by atoms with Crippen LogP contribution in [0.1, 0.15) is 66.8 Å². The fraction of sp³-hybridized carbons (Fsp3) is 0.667. The average Bonchev–Trinajstić information content (AvgIpc) is 2.68. The van der Waals surface area contributed by atoms with E-state index in [-0.39, 0.29) is 11.8 Å². The first-order valence-electron chi connectivity index (χ1n) is 8.77. The zero-order valence-corrected chi connectivity index (χ0v) is 14.9. The van der Waals surface area contributed by atoms with Gasteiger partial charge in [0.2, 0.25) is 5.91 Å². The van der Waals surface area contributed by atoms with E-state index in [0.29, 0.717) is 5.92 Å². The Hall–Kier alpha value is -1.36. The van der Waals surface area contributed by atoms with E-state index in [2.05, 4.69) is 12.2 Å². The van der Waals surface area contributed by atoms with Gasteiger partial charge in [0, 0.05) is 24.9 Å². The van der Waals surface area contributed by atoms with Crippen molar-refractivity contribution in [2.75, 3.05) is 18.4 Å². The Labute approximate surface area is 142 Å². The number of anilines is 1. The van der Waals surface area contributed by atoms with Crippen LogP contribution in [0.3, 0.4) is 0 Å². The lowest BCUT2D eigenvalue weighted by atomic mass is 9.88. The van der Waals surface area contributed by atoms with Gasteiger partial charge in [0.15, 0.2) is 0 Å². The number of hydrogen-bond acceptors (Lipinski definition) is 3. The molecule has 1 saturated heterocycles. The fourth-order valence-electron chi connectivity index (χ4n) is 3.66. The van der Waals surface area contributed by atoms with Gasteiger partial charge in [0.25, 0.3) is 5.91 Å². The maximum Gasteiger partial charge on any atom is 0.257 e. The van der Waals surface area contributed by atoms with Crippen LogP contribution in [0.4, 0.5) is 5.00 Å².